The van der Waals surface area contributed by atoms with Crippen LogP contribution in [0.5, 0.6) is 0 Å². The van der Waals surface area contributed by atoms with Gasteiger partial charge in [0, 0.05) is 23.5 Å². The van der Waals surface area contributed by atoms with Crippen LogP contribution in [0.2, 0.25) is 0 Å². The number of amides is 1. The lowest BCUT2D eigenvalue weighted by Crippen LogP contribution is -2.24. The average Bonchev–Trinajstić information content (AvgIpc) is 3.33. The largest absolute Gasteiger partial charge is 0.311 e. The van der Waals surface area contributed by atoms with E-state index in [1.807, 2.05) is 16.8 Å². The number of nitrogens with zero attached hydrogens (tertiary/aromatic N) is 4. The van der Waals surface area contributed by atoms with Crippen LogP contribution >= 0.6 is 15.9 Å². The van der Waals surface area contributed by atoms with E-state index in [9.17, 15) is 9.59 Å². The Kier molecular flexibility index (Phi) is 5.07. The first kappa shape index (κ1) is 17.9. The van der Waals surface area contributed by atoms with E-state index < -0.39 is 0 Å². The van der Waals surface area contributed by atoms with Gasteiger partial charge in [0.2, 0.25) is 5.91 Å². The predicted octanol–water partition coefficient (Wildman–Crippen LogP) is 3.50. The molecule has 7 nitrogen and oxygen atoms in total. The lowest BCUT2D eigenvalue weighted by molar-refractivity contribution is -0.116. The van der Waals surface area contributed by atoms with Crippen LogP contribution in [0.15, 0.2) is 46.1 Å². The maximum absolute atomic E-state index is 12.6. The number of rotatable bonds is 5. The monoisotopic (exact) mass is 429 g/mol. The van der Waals surface area contributed by atoms with Crippen molar-refractivity contribution in [2.24, 2.45) is 0 Å². The zero-order chi connectivity index (χ0) is 18.8. The standard InChI is InChI=1S/C19H20BrN5O2/c20-13-5-6-16-15(11-13)19(27)24(12-21-16)10-8-18(26)23-17-7-9-22-25(17)14-3-1-2-4-14/h5-7,9,11-12,14H,1-4,8,10H2,(H,23,26). The number of benzene rings is 1. The van der Waals surface area contributed by atoms with E-state index in [-0.39, 0.29) is 24.4 Å². The predicted molar refractivity (Wildman–Crippen MR) is 107 cm³/mol. The number of nitrogens with one attached hydrogen (secondary N) is 1. The van der Waals surface area contributed by atoms with Gasteiger partial charge in [0.15, 0.2) is 0 Å². The number of hydrogen-bond donors (Lipinski definition) is 1. The Bertz CT molecular complexity index is 1040. The summed E-state index contributed by atoms with van der Waals surface area (Å²) in [5.74, 6) is 0.579. The van der Waals surface area contributed by atoms with Gasteiger partial charge in [-0.15, -0.1) is 0 Å². The van der Waals surface area contributed by atoms with Crippen molar-refractivity contribution in [3.05, 3.63) is 51.6 Å². The molecular formula is C19H20BrN5O2. The Morgan fingerprint density at radius 3 is 2.89 bits per heavy atom. The normalized spacial score (nSPS) is 14.7. The number of fused-ring (bicyclic) bond motifs is 1. The van der Waals surface area contributed by atoms with Gasteiger partial charge in [-0.1, -0.05) is 28.8 Å². The Morgan fingerprint density at radius 2 is 2.07 bits per heavy atom. The van der Waals surface area contributed by atoms with Crippen LogP contribution in [0.1, 0.15) is 38.1 Å². The molecule has 1 N–H and O–H groups in total. The SMILES string of the molecule is O=C(CCn1cnc2ccc(Br)cc2c1=O)Nc1ccnn1C1CCCC1. The van der Waals surface area contributed by atoms with Gasteiger partial charge in [0.05, 0.1) is 29.5 Å². The lowest BCUT2D eigenvalue weighted by atomic mass is 10.2. The summed E-state index contributed by atoms with van der Waals surface area (Å²) in [7, 11) is 0. The molecule has 4 rings (SSSR count). The van der Waals surface area contributed by atoms with Gasteiger partial charge in [0.1, 0.15) is 5.82 Å². The molecule has 1 fully saturated rings. The molecule has 0 spiro atoms. The van der Waals surface area contributed by atoms with E-state index in [2.05, 4.69) is 31.3 Å². The lowest BCUT2D eigenvalue weighted by Gasteiger charge is -2.14. The van der Waals surface area contributed by atoms with Crippen LogP contribution in [-0.4, -0.2) is 25.2 Å². The molecule has 8 heteroatoms. The Labute approximate surface area is 164 Å². The second kappa shape index (κ2) is 7.64. The Hall–Kier alpha value is -2.48. The number of hydrogen-bond acceptors (Lipinski definition) is 4. The Balaban J connectivity index is 1.44. The van der Waals surface area contributed by atoms with Crippen molar-refractivity contribution in [3.63, 3.8) is 0 Å². The minimum absolute atomic E-state index is 0.143. The van der Waals surface area contributed by atoms with Crippen molar-refractivity contribution in [1.82, 2.24) is 19.3 Å². The molecule has 0 aliphatic heterocycles. The number of aromatic nitrogens is 4. The molecule has 2 heterocycles. The number of aryl methyl sites for hydroxylation is 1. The van der Waals surface area contributed by atoms with Gasteiger partial charge < -0.3 is 5.32 Å². The van der Waals surface area contributed by atoms with E-state index in [1.165, 1.54) is 23.7 Å². The summed E-state index contributed by atoms with van der Waals surface area (Å²) in [6.07, 6.45) is 7.99. The second-order valence-electron chi connectivity index (χ2n) is 6.80. The fraction of sp³-hybridized carbons (Fsp3) is 0.368. The molecule has 1 amide bonds. The van der Waals surface area contributed by atoms with Gasteiger partial charge >= 0.3 is 0 Å². The van der Waals surface area contributed by atoms with Gasteiger partial charge in [-0.05, 0) is 31.0 Å². The summed E-state index contributed by atoms with van der Waals surface area (Å²) < 4.78 is 4.21. The van der Waals surface area contributed by atoms with E-state index in [0.717, 1.165) is 23.1 Å². The maximum Gasteiger partial charge on any atom is 0.261 e. The van der Waals surface area contributed by atoms with Gasteiger partial charge in [-0.25, -0.2) is 9.67 Å². The molecule has 0 bridgehead atoms. The highest BCUT2D eigenvalue weighted by atomic mass is 79.9. The van der Waals surface area contributed by atoms with Crippen LogP contribution in [0.3, 0.4) is 0 Å². The molecule has 0 atom stereocenters. The van der Waals surface area contributed by atoms with Crippen molar-refractivity contribution in [1.29, 1.82) is 0 Å². The molecule has 0 saturated heterocycles. The zero-order valence-corrected chi connectivity index (χ0v) is 16.4. The molecule has 1 aliphatic rings. The summed E-state index contributed by atoms with van der Waals surface area (Å²) in [6, 6.07) is 7.57. The molecule has 1 aliphatic carbocycles. The number of anilines is 1. The van der Waals surface area contributed by atoms with Crippen LogP contribution in [0, 0.1) is 0 Å². The number of carbonyl (C=O) groups excluding carboxylic acids is 1. The van der Waals surface area contributed by atoms with E-state index >= 15 is 0 Å². The fourth-order valence-corrected chi connectivity index (χ4v) is 3.93. The summed E-state index contributed by atoms with van der Waals surface area (Å²) in [5.41, 5.74) is 0.495. The molecule has 3 aromatic rings. The first-order valence-corrected chi connectivity index (χ1v) is 9.89. The summed E-state index contributed by atoms with van der Waals surface area (Å²) >= 11 is 3.37. The van der Waals surface area contributed by atoms with E-state index in [4.69, 9.17) is 0 Å². The third-order valence-electron chi connectivity index (χ3n) is 4.97. The molecule has 2 aromatic heterocycles. The van der Waals surface area contributed by atoms with Gasteiger partial charge in [-0.2, -0.15) is 5.10 Å². The highest BCUT2D eigenvalue weighted by Gasteiger charge is 2.20. The van der Waals surface area contributed by atoms with E-state index in [0.29, 0.717) is 16.9 Å². The first-order valence-electron chi connectivity index (χ1n) is 9.10. The highest BCUT2D eigenvalue weighted by molar-refractivity contribution is 9.10. The van der Waals surface area contributed by atoms with Crippen molar-refractivity contribution in [3.8, 4) is 0 Å². The van der Waals surface area contributed by atoms with Crippen LogP contribution in [-0.2, 0) is 11.3 Å². The minimum Gasteiger partial charge on any atom is -0.311 e. The van der Waals surface area contributed by atoms with Crippen molar-refractivity contribution >= 4 is 38.6 Å². The van der Waals surface area contributed by atoms with Crippen molar-refractivity contribution in [2.45, 2.75) is 44.7 Å². The first-order chi connectivity index (χ1) is 13.1. The third-order valence-corrected chi connectivity index (χ3v) is 5.47. The van der Waals surface area contributed by atoms with Gasteiger partial charge in [0.25, 0.3) is 5.56 Å². The van der Waals surface area contributed by atoms with E-state index in [1.54, 1.807) is 18.3 Å². The van der Waals surface area contributed by atoms with Gasteiger partial charge in [-0.3, -0.25) is 14.2 Å². The zero-order valence-electron chi connectivity index (χ0n) is 14.8. The Morgan fingerprint density at radius 1 is 1.26 bits per heavy atom. The summed E-state index contributed by atoms with van der Waals surface area (Å²) in [4.78, 5) is 29.3. The fourth-order valence-electron chi connectivity index (χ4n) is 3.57. The number of halogens is 1. The van der Waals surface area contributed by atoms with Crippen molar-refractivity contribution < 1.29 is 4.79 Å². The number of carbonyl (C=O) groups is 1. The molecule has 1 saturated carbocycles. The van der Waals surface area contributed by atoms with Crippen molar-refractivity contribution in [2.75, 3.05) is 5.32 Å². The summed E-state index contributed by atoms with van der Waals surface area (Å²) in [5, 5.41) is 7.81. The molecule has 0 unspecified atom stereocenters. The van der Waals surface area contributed by atoms with Crippen LogP contribution in [0.25, 0.3) is 10.9 Å². The minimum atomic E-state index is -0.148. The summed E-state index contributed by atoms with van der Waals surface area (Å²) in [6.45, 7) is 0.275. The highest BCUT2D eigenvalue weighted by Crippen LogP contribution is 2.31. The topological polar surface area (TPSA) is 81.8 Å². The molecule has 140 valence electrons. The molecule has 0 radical (unpaired) electrons. The molecular weight excluding hydrogens is 410 g/mol. The smallest absolute Gasteiger partial charge is 0.261 e. The average molecular weight is 430 g/mol. The third kappa shape index (κ3) is 3.80. The van der Waals surface area contributed by atoms with Crippen LogP contribution in [0.4, 0.5) is 5.82 Å². The second-order valence-corrected chi connectivity index (χ2v) is 7.72. The quantitative estimate of drug-likeness (QED) is 0.672. The van der Waals surface area contributed by atoms with Crippen LogP contribution < -0.4 is 10.9 Å². The maximum atomic E-state index is 12.6. The molecule has 27 heavy (non-hydrogen) atoms. The molecule has 1 aromatic carbocycles.